The zero-order chi connectivity index (χ0) is 30.0. The fraction of sp³-hybridized carbons (Fsp3) is 0.576. The molecule has 5 rings (SSSR count). The molecule has 1 aliphatic heterocycles. The Morgan fingerprint density at radius 1 is 1.07 bits per heavy atom. The fourth-order valence-electron chi connectivity index (χ4n) is 6.98. The quantitative estimate of drug-likeness (QED) is 0.244. The molecule has 0 bridgehead atoms. The van der Waals surface area contributed by atoms with E-state index in [0.29, 0.717) is 22.8 Å². The van der Waals surface area contributed by atoms with Gasteiger partial charge in [-0.3, -0.25) is 9.80 Å². The summed E-state index contributed by atoms with van der Waals surface area (Å²) in [4.78, 5) is 24.1. The van der Waals surface area contributed by atoms with E-state index >= 15 is 8.78 Å². The van der Waals surface area contributed by atoms with E-state index in [4.69, 9.17) is 9.47 Å². The highest BCUT2D eigenvalue weighted by Crippen LogP contribution is 2.42. The number of hydrogen-bond donors (Lipinski definition) is 1. The largest absolute Gasteiger partial charge is 0.493 e. The number of urea groups is 1. The number of amides is 2. The van der Waals surface area contributed by atoms with Gasteiger partial charge in [0.1, 0.15) is 11.3 Å². The van der Waals surface area contributed by atoms with Crippen molar-refractivity contribution in [2.75, 3.05) is 31.1 Å². The highest BCUT2D eigenvalue weighted by Gasteiger charge is 2.36. The van der Waals surface area contributed by atoms with Crippen molar-refractivity contribution >= 4 is 28.4 Å². The maximum absolute atomic E-state index is 15.3. The summed E-state index contributed by atoms with van der Waals surface area (Å²) < 4.78 is 40.7. The number of pyridine rings is 1. The minimum Gasteiger partial charge on any atom is -0.493 e. The van der Waals surface area contributed by atoms with Gasteiger partial charge >= 0.3 is 6.03 Å². The average Bonchev–Trinajstić information content (AvgIpc) is 3.26. The van der Waals surface area contributed by atoms with Gasteiger partial charge in [-0.2, -0.15) is 0 Å². The lowest BCUT2D eigenvalue weighted by atomic mass is 9.84. The van der Waals surface area contributed by atoms with Gasteiger partial charge in [0.15, 0.2) is 23.1 Å². The van der Waals surface area contributed by atoms with Gasteiger partial charge in [0.05, 0.1) is 26.5 Å². The van der Waals surface area contributed by atoms with E-state index in [1.165, 1.54) is 70.5 Å². The predicted octanol–water partition coefficient (Wildman–Crippen LogP) is 8.39. The molecule has 3 atom stereocenters. The third-order valence-electron chi connectivity index (χ3n) is 9.54. The number of aryl methyl sites for hydroxylation is 1. The van der Waals surface area contributed by atoms with Crippen LogP contribution in [0.1, 0.15) is 82.9 Å². The van der Waals surface area contributed by atoms with Crippen LogP contribution in [0.2, 0.25) is 0 Å². The van der Waals surface area contributed by atoms with E-state index < -0.39 is 23.4 Å². The zero-order valence-electron chi connectivity index (χ0n) is 25.6. The van der Waals surface area contributed by atoms with Crippen molar-refractivity contribution in [1.29, 1.82) is 0 Å². The number of benzene rings is 1. The number of nitrogens with zero attached hydrogens (tertiary/aromatic N) is 3. The number of carbonyl (C=O) groups is 1. The Balaban J connectivity index is 1.34. The van der Waals surface area contributed by atoms with Crippen molar-refractivity contribution in [3.05, 3.63) is 41.2 Å². The molecule has 1 aromatic carbocycles. The summed E-state index contributed by atoms with van der Waals surface area (Å²) >= 11 is 0. The summed E-state index contributed by atoms with van der Waals surface area (Å²) in [6.45, 7) is 4.64. The molecule has 1 saturated carbocycles. The maximum Gasteiger partial charge on any atom is 0.329 e. The highest BCUT2D eigenvalue weighted by molar-refractivity contribution is 6.11. The normalized spacial score (nSPS) is 20.0. The van der Waals surface area contributed by atoms with Crippen molar-refractivity contribution in [1.82, 2.24) is 9.97 Å². The molecule has 1 aliphatic carbocycles. The number of rotatable bonds is 10. The number of aromatic nitrogens is 2. The van der Waals surface area contributed by atoms with Crippen LogP contribution in [-0.2, 0) is 13.0 Å². The second kappa shape index (κ2) is 12.9. The molecule has 3 heterocycles. The molecule has 1 N–H and O–H groups in total. The summed E-state index contributed by atoms with van der Waals surface area (Å²) in [5, 5.41) is 0.836. The molecular weight excluding hydrogens is 538 g/mol. The second-order valence-corrected chi connectivity index (χ2v) is 12.2. The van der Waals surface area contributed by atoms with Gasteiger partial charge in [0.2, 0.25) is 0 Å². The van der Waals surface area contributed by atoms with Gasteiger partial charge in [0, 0.05) is 36.0 Å². The van der Waals surface area contributed by atoms with E-state index in [9.17, 15) is 4.79 Å². The number of nitrogens with one attached hydrogen (secondary N) is 1. The maximum atomic E-state index is 15.3. The Hall–Kier alpha value is -3.36. The number of halogens is 2. The number of fused-ring (bicyclic) bond motifs is 3. The summed E-state index contributed by atoms with van der Waals surface area (Å²) in [6.07, 6.45) is 14.5. The van der Waals surface area contributed by atoms with Crippen molar-refractivity contribution in [3.8, 4) is 11.5 Å². The molecule has 3 unspecified atom stereocenters. The van der Waals surface area contributed by atoms with Gasteiger partial charge in [-0.1, -0.05) is 58.8 Å². The van der Waals surface area contributed by atoms with E-state index in [-0.39, 0.29) is 18.0 Å². The number of ether oxygens (including phenoxy) is 2. The van der Waals surface area contributed by atoms with Crippen LogP contribution in [-0.4, -0.2) is 37.3 Å². The lowest BCUT2D eigenvalue weighted by Crippen LogP contribution is -2.46. The number of H-pyrrole nitrogens is 1. The van der Waals surface area contributed by atoms with Crippen molar-refractivity contribution < 1.29 is 23.0 Å². The summed E-state index contributed by atoms with van der Waals surface area (Å²) in [5.74, 6) is -0.00653. The molecule has 1 fully saturated rings. The number of anilines is 2. The van der Waals surface area contributed by atoms with Crippen LogP contribution in [0, 0.1) is 29.4 Å². The number of aromatic amines is 1. The molecule has 9 heteroatoms. The van der Waals surface area contributed by atoms with Crippen LogP contribution in [0.4, 0.5) is 25.0 Å². The monoisotopic (exact) mass is 582 g/mol. The third-order valence-corrected chi connectivity index (χ3v) is 9.54. The van der Waals surface area contributed by atoms with Gasteiger partial charge in [-0.25, -0.2) is 18.6 Å². The summed E-state index contributed by atoms with van der Waals surface area (Å²) in [7, 11) is 4.18. The molecule has 0 spiro atoms. The smallest absolute Gasteiger partial charge is 0.329 e. The average molecular weight is 583 g/mol. The minimum atomic E-state index is -0.960. The van der Waals surface area contributed by atoms with Crippen LogP contribution in [0.5, 0.6) is 11.5 Å². The minimum absolute atomic E-state index is 0.0376. The lowest BCUT2D eigenvalue weighted by Gasteiger charge is -2.35. The molecule has 42 heavy (non-hydrogen) atoms. The molecular formula is C33H44F2N4O3. The van der Waals surface area contributed by atoms with Crippen LogP contribution < -0.4 is 19.3 Å². The third kappa shape index (κ3) is 5.79. The Morgan fingerprint density at radius 3 is 2.50 bits per heavy atom. The second-order valence-electron chi connectivity index (χ2n) is 12.2. The van der Waals surface area contributed by atoms with Crippen molar-refractivity contribution in [2.45, 2.75) is 84.6 Å². The van der Waals surface area contributed by atoms with Crippen LogP contribution >= 0.6 is 0 Å². The van der Waals surface area contributed by atoms with Crippen LogP contribution in [0.3, 0.4) is 0 Å². The summed E-state index contributed by atoms with van der Waals surface area (Å²) in [6, 6.07) is 2.66. The molecule has 3 aromatic rings. The standard InChI is InChI=1S/C33H44F2N4O3/c1-6-7-9-21-10-8-11-22(14-13-21)20(2)12-15-24-16-25-30-23(18-36-32(25)37-24)19-39(33(40)38(30)3)31-28(34)26(41-4)17-27(42-5)29(31)35/h16-18,20-22H,6-15,19H2,1-5H3,(H,36,37). The Kier molecular flexibility index (Phi) is 9.23. The summed E-state index contributed by atoms with van der Waals surface area (Å²) in [5.41, 5.74) is 2.69. The van der Waals surface area contributed by atoms with E-state index in [2.05, 4.69) is 29.9 Å². The first-order chi connectivity index (χ1) is 20.3. The van der Waals surface area contributed by atoms with E-state index in [1.807, 2.05) is 0 Å². The predicted molar refractivity (Wildman–Crippen MR) is 163 cm³/mol. The van der Waals surface area contributed by atoms with Gasteiger partial charge < -0.3 is 14.5 Å². The Morgan fingerprint density at radius 2 is 1.81 bits per heavy atom. The van der Waals surface area contributed by atoms with Gasteiger partial charge in [-0.05, 0) is 43.1 Å². The molecule has 0 radical (unpaired) electrons. The van der Waals surface area contributed by atoms with E-state index in [1.54, 1.807) is 13.2 Å². The first kappa shape index (κ1) is 30.1. The Bertz CT molecular complexity index is 1400. The van der Waals surface area contributed by atoms with Gasteiger partial charge in [0.25, 0.3) is 0 Å². The number of carbonyl (C=O) groups excluding carboxylic acids is 1. The van der Waals surface area contributed by atoms with Crippen LogP contribution in [0.15, 0.2) is 18.3 Å². The first-order valence-electron chi connectivity index (χ1n) is 15.4. The van der Waals surface area contributed by atoms with Crippen molar-refractivity contribution in [3.63, 3.8) is 0 Å². The lowest BCUT2D eigenvalue weighted by molar-refractivity contribution is 0.250. The molecule has 2 aliphatic rings. The first-order valence-corrected chi connectivity index (χ1v) is 15.4. The van der Waals surface area contributed by atoms with E-state index in [0.717, 1.165) is 46.7 Å². The van der Waals surface area contributed by atoms with Gasteiger partial charge in [-0.15, -0.1) is 0 Å². The molecule has 2 aromatic heterocycles. The molecule has 2 amide bonds. The van der Waals surface area contributed by atoms with Crippen LogP contribution in [0.25, 0.3) is 11.0 Å². The number of hydrogen-bond acceptors (Lipinski definition) is 4. The number of unbranched alkanes of at least 4 members (excludes halogenated alkanes) is 1. The zero-order valence-corrected chi connectivity index (χ0v) is 25.6. The highest BCUT2D eigenvalue weighted by atomic mass is 19.1. The van der Waals surface area contributed by atoms with Crippen molar-refractivity contribution in [2.24, 2.45) is 17.8 Å². The molecule has 7 nitrogen and oxygen atoms in total. The number of methoxy groups -OCH3 is 2. The topological polar surface area (TPSA) is 70.7 Å². The SMILES string of the molecule is CCCCC1CCCC(C(C)CCc2cc3c4c(cnc3[nH]2)CN(c2c(F)c(OC)cc(OC)c2F)C(=O)N4C)CC1. The fourth-order valence-corrected chi connectivity index (χ4v) is 6.98. The molecule has 0 saturated heterocycles. The molecule has 228 valence electrons. The Labute approximate surface area is 247 Å².